The Hall–Kier alpha value is -2.89. The number of nitrogens with zero attached hydrogens (tertiary/aromatic N) is 2. The number of carboxylic acids is 1. The lowest BCUT2D eigenvalue weighted by Crippen LogP contribution is -2.22. The fourth-order valence-corrected chi connectivity index (χ4v) is 2.26. The Morgan fingerprint density at radius 1 is 1.12 bits per heavy atom. The van der Waals surface area contributed by atoms with Gasteiger partial charge < -0.3 is 15.3 Å². The van der Waals surface area contributed by atoms with Crippen molar-refractivity contribution in [1.29, 1.82) is 0 Å². The molecule has 1 aromatic heterocycles. The van der Waals surface area contributed by atoms with E-state index in [1.165, 1.54) is 5.56 Å². The van der Waals surface area contributed by atoms with E-state index in [2.05, 4.69) is 34.3 Å². The van der Waals surface area contributed by atoms with Crippen LogP contribution in [0.4, 0.5) is 11.5 Å². The molecule has 0 radical (unpaired) electrons. The number of rotatable bonds is 8. The molecule has 0 atom stereocenters. The molecule has 1 heterocycles. The lowest BCUT2D eigenvalue weighted by atomic mass is 10.2. The number of carbonyl (C=O) groups excluding carboxylic acids is 1. The van der Waals surface area contributed by atoms with Gasteiger partial charge >= 0.3 is 5.97 Å². The summed E-state index contributed by atoms with van der Waals surface area (Å²) >= 11 is 0. The number of carbonyl (C=O) groups is 2. The van der Waals surface area contributed by atoms with Crippen molar-refractivity contribution in [3.8, 4) is 0 Å². The summed E-state index contributed by atoms with van der Waals surface area (Å²) in [6.45, 7) is 3.69. The minimum atomic E-state index is -0.993. The highest BCUT2D eigenvalue weighted by molar-refractivity contribution is 5.91. The fraction of sp³-hybridized carbons (Fsp3) is 0.278. The molecule has 6 heteroatoms. The summed E-state index contributed by atoms with van der Waals surface area (Å²) in [4.78, 5) is 28.5. The molecule has 0 unspecified atom stereocenters. The Kier molecular flexibility index (Phi) is 6.31. The van der Waals surface area contributed by atoms with Crippen molar-refractivity contribution in [3.63, 3.8) is 0 Å². The zero-order chi connectivity index (χ0) is 17.4. The summed E-state index contributed by atoms with van der Waals surface area (Å²) in [6, 6.07) is 13.8. The molecule has 24 heavy (non-hydrogen) atoms. The van der Waals surface area contributed by atoms with Crippen molar-refractivity contribution in [3.05, 3.63) is 54.2 Å². The van der Waals surface area contributed by atoms with Crippen molar-refractivity contribution >= 4 is 23.4 Å². The van der Waals surface area contributed by atoms with E-state index < -0.39 is 5.97 Å². The van der Waals surface area contributed by atoms with Crippen LogP contribution in [0, 0.1) is 0 Å². The second-order valence-corrected chi connectivity index (χ2v) is 5.34. The number of hydrogen-bond donors (Lipinski definition) is 2. The molecule has 2 rings (SSSR count). The van der Waals surface area contributed by atoms with E-state index in [-0.39, 0.29) is 18.7 Å². The normalized spacial score (nSPS) is 10.2. The smallest absolute Gasteiger partial charge is 0.303 e. The molecule has 0 spiro atoms. The van der Waals surface area contributed by atoms with Gasteiger partial charge in [0.05, 0.1) is 18.3 Å². The molecule has 6 nitrogen and oxygen atoms in total. The summed E-state index contributed by atoms with van der Waals surface area (Å²) in [7, 11) is 0. The van der Waals surface area contributed by atoms with Gasteiger partial charge in [-0.25, -0.2) is 4.98 Å². The van der Waals surface area contributed by atoms with Gasteiger partial charge in [0.25, 0.3) is 0 Å². The minimum Gasteiger partial charge on any atom is -0.481 e. The first kappa shape index (κ1) is 17.5. The number of hydrogen-bond acceptors (Lipinski definition) is 4. The topological polar surface area (TPSA) is 82.5 Å². The average Bonchev–Trinajstić information content (AvgIpc) is 2.59. The van der Waals surface area contributed by atoms with Crippen LogP contribution >= 0.6 is 0 Å². The maximum Gasteiger partial charge on any atom is 0.303 e. The van der Waals surface area contributed by atoms with E-state index in [9.17, 15) is 9.59 Å². The van der Waals surface area contributed by atoms with Gasteiger partial charge in [-0.3, -0.25) is 9.59 Å². The Bertz CT molecular complexity index is 672. The van der Waals surface area contributed by atoms with Crippen LogP contribution in [0.2, 0.25) is 0 Å². The zero-order valence-electron chi connectivity index (χ0n) is 13.6. The zero-order valence-corrected chi connectivity index (χ0v) is 13.6. The largest absolute Gasteiger partial charge is 0.481 e. The number of amides is 1. The highest BCUT2D eigenvalue weighted by atomic mass is 16.4. The van der Waals surface area contributed by atoms with E-state index in [0.717, 1.165) is 18.8 Å². The summed E-state index contributed by atoms with van der Waals surface area (Å²) in [5.74, 6) is -0.924. The van der Waals surface area contributed by atoms with Gasteiger partial charge in [-0.05, 0) is 24.6 Å². The molecule has 1 aromatic carbocycles. The first-order valence-electron chi connectivity index (χ1n) is 7.85. The minimum absolute atomic E-state index is 0.0616. The van der Waals surface area contributed by atoms with E-state index in [1.807, 2.05) is 24.3 Å². The highest BCUT2D eigenvalue weighted by Crippen LogP contribution is 2.18. The van der Waals surface area contributed by atoms with E-state index in [1.54, 1.807) is 12.3 Å². The maximum absolute atomic E-state index is 11.6. The Labute approximate surface area is 141 Å². The lowest BCUT2D eigenvalue weighted by Gasteiger charge is -2.23. The third-order valence-corrected chi connectivity index (χ3v) is 3.54. The first-order chi connectivity index (χ1) is 11.6. The van der Waals surface area contributed by atoms with E-state index in [0.29, 0.717) is 5.82 Å². The van der Waals surface area contributed by atoms with Gasteiger partial charge in [0.1, 0.15) is 5.82 Å². The van der Waals surface area contributed by atoms with Crippen LogP contribution in [-0.4, -0.2) is 28.5 Å². The monoisotopic (exact) mass is 327 g/mol. The van der Waals surface area contributed by atoms with Crippen molar-refractivity contribution in [2.75, 3.05) is 16.8 Å². The highest BCUT2D eigenvalue weighted by Gasteiger charge is 2.09. The molecule has 2 N–H and O–H groups in total. The van der Waals surface area contributed by atoms with Crippen LogP contribution in [0.3, 0.4) is 0 Å². The van der Waals surface area contributed by atoms with Gasteiger partial charge in [-0.15, -0.1) is 0 Å². The molecular weight excluding hydrogens is 306 g/mol. The number of aliphatic carboxylic acids is 1. The number of pyridine rings is 1. The summed E-state index contributed by atoms with van der Waals surface area (Å²) in [6.07, 6.45) is 1.46. The summed E-state index contributed by atoms with van der Waals surface area (Å²) in [5, 5.41) is 11.2. The second-order valence-electron chi connectivity index (χ2n) is 5.34. The number of aromatic nitrogens is 1. The van der Waals surface area contributed by atoms with Crippen LogP contribution in [0.15, 0.2) is 48.7 Å². The molecule has 0 aliphatic heterocycles. The van der Waals surface area contributed by atoms with Crippen LogP contribution in [-0.2, 0) is 16.1 Å². The predicted octanol–water partition coefficient (Wildman–Crippen LogP) is 2.91. The molecule has 2 aromatic rings. The number of anilines is 2. The SMILES string of the molecule is CCN(Cc1ccccc1)c1ccc(NC(=O)CCC(=O)O)nc1. The van der Waals surface area contributed by atoms with Crippen molar-refractivity contribution in [2.45, 2.75) is 26.3 Å². The summed E-state index contributed by atoms with van der Waals surface area (Å²) < 4.78 is 0. The second kappa shape index (κ2) is 8.67. The molecule has 126 valence electrons. The Balaban J connectivity index is 1.96. The van der Waals surface area contributed by atoms with Crippen molar-refractivity contribution in [1.82, 2.24) is 4.98 Å². The average molecular weight is 327 g/mol. The quantitative estimate of drug-likeness (QED) is 0.779. The van der Waals surface area contributed by atoms with Gasteiger partial charge in [-0.2, -0.15) is 0 Å². The lowest BCUT2D eigenvalue weighted by molar-refractivity contribution is -0.138. The van der Waals surface area contributed by atoms with Crippen molar-refractivity contribution < 1.29 is 14.7 Å². The summed E-state index contributed by atoms with van der Waals surface area (Å²) in [5.41, 5.74) is 2.18. The van der Waals surface area contributed by atoms with Crippen LogP contribution in [0.5, 0.6) is 0 Å². The van der Waals surface area contributed by atoms with Gasteiger partial charge in [0, 0.05) is 19.5 Å². The Morgan fingerprint density at radius 3 is 2.46 bits per heavy atom. The predicted molar refractivity (Wildman–Crippen MR) is 92.9 cm³/mol. The third kappa shape index (κ3) is 5.39. The maximum atomic E-state index is 11.6. The molecule has 0 fully saturated rings. The van der Waals surface area contributed by atoms with Gasteiger partial charge in [-0.1, -0.05) is 30.3 Å². The van der Waals surface area contributed by atoms with Crippen LogP contribution in [0.1, 0.15) is 25.3 Å². The Morgan fingerprint density at radius 2 is 1.88 bits per heavy atom. The molecule has 0 aliphatic carbocycles. The van der Waals surface area contributed by atoms with Crippen molar-refractivity contribution in [2.24, 2.45) is 0 Å². The van der Waals surface area contributed by atoms with Crippen LogP contribution < -0.4 is 10.2 Å². The van der Waals surface area contributed by atoms with Gasteiger partial charge in [0.15, 0.2) is 0 Å². The molecule has 0 saturated heterocycles. The molecule has 0 saturated carbocycles. The standard InChI is InChI=1S/C18H21N3O3/c1-2-21(13-14-6-4-3-5-7-14)15-8-9-16(19-12-15)20-17(22)10-11-18(23)24/h3-9,12H,2,10-11,13H2,1H3,(H,23,24)(H,19,20,22). The van der Waals surface area contributed by atoms with E-state index in [4.69, 9.17) is 5.11 Å². The first-order valence-corrected chi connectivity index (χ1v) is 7.85. The number of benzene rings is 1. The van der Waals surface area contributed by atoms with E-state index >= 15 is 0 Å². The molecule has 1 amide bonds. The fourth-order valence-electron chi connectivity index (χ4n) is 2.26. The van der Waals surface area contributed by atoms with Crippen LogP contribution in [0.25, 0.3) is 0 Å². The number of nitrogens with one attached hydrogen (secondary N) is 1. The number of carboxylic acid groups (broad SMARTS) is 1. The third-order valence-electron chi connectivity index (χ3n) is 3.54. The molecule has 0 aliphatic rings. The molecular formula is C18H21N3O3. The van der Waals surface area contributed by atoms with Gasteiger partial charge in [0.2, 0.25) is 5.91 Å². The molecule has 0 bridgehead atoms.